The maximum absolute atomic E-state index is 9.17. The zero-order valence-corrected chi connectivity index (χ0v) is 8.69. The number of aliphatic hydroxyl groups excluding tert-OH is 1. The van der Waals surface area contributed by atoms with Gasteiger partial charge >= 0.3 is 0 Å². The van der Waals surface area contributed by atoms with E-state index in [0.717, 1.165) is 13.0 Å². The molecule has 1 saturated carbocycles. The Morgan fingerprint density at radius 1 is 1.29 bits per heavy atom. The fourth-order valence-corrected chi connectivity index (χ4v) is 2.03. The Kier molecular flexibility index (Phi) is 5.38. The molecule has 14 heavy (non-hydrogen) atoms. The first-order chi connectivity index (χ1) is 6.88. The van der Waals surface area contributed by atoms with Gasteiger partial charge in [0.05, 0.1) is 12.9 Å². The second-order valence-electron chi connectivity index (χ2n) is 3.88. The van der Waals surface area contributed by atoms with Gasteiger partial charge < -0.3 is 9.84 Å². The van der Waals surface area contributed by atoms with E-state index in [4.69, 9.17) is 4.74 Å². The summed E-state index contributed by atoms with van der Waals surface area (Å²) in [4.78, 5) is 0. The third kappa shape index (κ3) is 3.54. The van der Waals surface area contributed by atoms with Crippen molar-refractivity contribution >= 4 is 0 Å². The summed E-state index contributed by atoms with van der Waals surface area (Å²) in [5.41, 5.74) is 0. The lowest BCUT2D eigenvalue weighted by Crippen LogP contribution is -2.26. The highest BCUT2D eigenvalue weighted by molar-refractivity contribution is 4.93. The minimum atomic E-state index is 0.305. The number of allylic oxidation sites excluding steroid dienone is 2. The maximum atomic E-state index is 9.17. The van der Waals surface area contributed by atoms with Crippen molar-refractivity contribution in [2.45, 2.75) is 25.7 Å². The van der Waals surface area contributed by atoms with Crippen LogP contribution in [0.2, 0.25) is 0 Å². The van der Waals surface area contributed by atoms with Crippen LogP contribution in [0.15, 0.2) is 25.0 Å². The van der Waals surface area contributed by atoms with Crippen molar-refractivity contribution in [3.05, 3.63) is 25.0 Å². The predicted molar refractivity (Wildman–Crippen MR) is 57.8 cm³/mol. The molecule has 1 aliphatic carbocycles. The lowest BCUT2D eigenvalue weighted by Gasteiger charge is -2.29. The third-order valence-electron chi connectivity index (χ3n) is 2.92. The summed E-state index contributed by atoms with van der Waals surface area (Å²) >= 11 is 0. The van der Waals surface area contributed by atoms with E-state index in [0.29, 0.717) is 18.4 Å². The molecule has 1 aliphatic rings. The largest absolute Gasteiger partial charge is 0.501 e. The highest BCUT2D eigenvalue weighted by Crippen LogP contribution is 2.29. The average Bonchev–Trinajstić information content (AvgIpc) is 2.25. The van der Waals surface area contributed by atoms with Gasteiger partial charge in [-0.15, -0.1) is 0 Å². The molecule has 0 radical (unpaired) electrons. The standard InChI is InChI=1S/C12H20O2/c1-2-3-8-14-10-12-7-5-4-6-11(12)9-13/h2-3,8,11-13H,1,4-7,9-10H2/b8-3-. The van der Waals surface area contributed by atoms with Gasteiger partial charge in [0, 0.05) is 6.61 Å². The van der Waals surface area contributed by atoms with Crippen molar-refractivity contribution in [1.29, 1.82) is 0 Å². The molecule has 0 amide bonds. The van der Waals surface area contributed by atoms with Crippen molar-refractivity contribution in [2.24, 2.45) is 11.8 Å². The number of hydrogen-bond acceptors (Lipinski definition) is 2. The molecule has 2 unspecified atom stereocenters. The van der Waals surface area contributed by atoms with Crippen LogP contribution in [0.25, 0.3) is 0 Å². The molecule has 2 nitrogen and oxygen atoms in total. The zero-order chi connectivity index (χ0) is 10.2. The Hall–Kier alpha value is -0.760. The molecule has 1 fully saturated rings. The third-order valence-corrected chi connectivity index (χ3v) is 2.92. The second kappa shape index (κ2) is 6.66. The van der Waals surface area contributed by atoms with Gasteiger partial charge in [0.25, 0.3) is 0 Å². The molecular weight excluding hydrogens is 176 g/mol. The van der Waals surface area contributed by atoms with Crippen LogP contribution in [0.1, 0.15) is 25.7 Å². The van der Waals surface area contributed by atoms with Gasteiger partial charge in [0.1, 0.15) is 0 Å². The van der Waals surface area contributed by atoms with E-state index < -0.39 is 0 Å². The molecule has 0 aromatic heterocycles. The highest BCUT2D eigenvalue weighted by Gasteiger charge is 2.24. The van der Waals surface area contributed by atoms with Crippen molar-refractivity contribution in [1.82, 2.24) is 0 Å². The first kappa shape index (κ1) is 11.3. The summed E-state index contributed by atoms with van der Waals surface area (Å²) in [6.07, 6.45) is 10.0. The van der Waals surface area contributed by atoms with E-state index in [1.54, 1.807) is 18.4 Å². The van der Waals surface area contributed by atoms with Crippen LogP contribution in [0.5, 0.6) is 0 Å². The molecule has 0 bridgehead atoms. The van der Waals surface area contributed by atoms with Crippen LogP contribution in [0, 0.1) is 11.8 Å². The molecule has 80 valence electrons. The van der Waals surface area contributed by atoms with Crippen molar-refractivity contribution in [2.75, 3.05) is 13.2 Å². The van der Waals surface area contributed by atoms with Gasteiger partial charge in [-0.05, 0) is 30.8 Å². The topological polar surface area (TPSA) is 29.5 Å². The van der Waals surface area contributed by atoms with Crippen molar-refractivity contribution in [3.8, 4) is 0 Å². The molecule has 2 atom stereocenters. The summed E-state index contributed by atoms with van der Waals surface area (Å²) in [6, 6.07) is 0. The zero-order valence-electron chi connectivity index (χ0n) is 8.69. The molecular formula is C12H20O2. The van der Waals surface area contributed by atoms with E-state index in [-0.39, 0.29) is 0 Å². The number of ether oxygens (including phenoxy) is 1. The lowest BCUT2D eigenvalue weighted by atomic mass is 9.80. The van der Waals surface area contributed by atoms with Crippen molar-refractivity contribution in [3.63, 3.8) is 0 Å². The Morgan fingerprint density at radius 2 is 2.00 bits per heavy atom. The molecule has 0 saturated heterocycles. The van der Waals surface area contributed by atoms with Crippen LogP contribution in [0.4, 0.5) is 0 Å². The van der Waals surface area contributed by atoms with Gasteiger partial charge in [-0.2, -0.15) is 0 Å². The number of aliphatic hydroxyl groups is 1. The van der Waals surface area contributed by atoms with E-state index in [9.17, 15) is 5.11 Å². The lowest BCUT2D eigenvalue weighted by molar-refractivity contribution is 0.0788. The molecule has 1 rings (SSSR count). The SMILES string of the molecule is C=C/C=C\OCC1CCCCC1CO. The Labute approximate surface area is 86.3 Å². The normalized spacial score (nSPS) is 27.8. The summed E-state index contributed by atoms with van der Waals surface area (Å²) in [5, 5.41) is 9.17. The van der Waals surface area contributed by atoms with Gasteiger partial charge in [-0.3, -0.25) is 0 Å². The predicted octanol–water partition coefficient (Wildman–Crippen LogP) is 2.50. The van der Waals surface area contributed by atoms with Crippen LogP contribution >= 0.6 is 0 Å². The van der Waals surface area contributed by atoms with E-state index in [2.05, 4.69) is 6.58 Å². The molecule has 0 heterocycles. The maximum Gasteiger partial charge on any atom is 0.0904 e. The Morgan fingerprint density at radius 3 is 2.64 bits per heavy atom. The van der Waals surface area contributed by atoms with Crippen LogP contribution < -0.4 is 0 Å². The minimum Gasteiger partial charge on any atom is -0.501 e. The fraction of sp³-hybridized carbons (Fsp3) is 0.667. The summed E-state index contributed by atoms with van der Waals surface area (Å²) in [7, 11) is 0. The van der Waals surface area contributed by atoms with Crippen LogP contribution in [-0.2, 0) is 4.74 Å². The average molecular weight is 196 g/mol. The van der Waals surface area contributed by atoms with Crippen molar-refractivity contribution < 1.29 is 9.84 Å². The summed E-state index contributed by atoms with van der Waals surface area (Å²) in [5.74, 6) is 0.976. The van der Waals surface area contributed by atoms with E-state index >= 15 is 0 Å². The molecule has 0 aromatic carbocycles. The first-order valence-corrected chi connectivity index (χ1v) is 5.38. The highest BCUT2D eigenvalue weighted by atomic mass is 16.5. The smallest absolute Gasteiger partial charge is 0.0904 e. The summed E-state index contributed by atoms with van der Waals surface area (Å²) in [6.45, 7) is 4.61. The Bertz CT molecular complexity index is 187. The summed E-state index contributed by atoms with van der Waals surface area (Å²) < 4.78 is 5.38. The molecule has 0 aromatic rings. The van der Waals surface area contributed by atoms with Gasteiger partial charge in [-0.1, -0.05) is 25.5 Å². The molecule has 0 spiro atoms. The first-order valence-electron chi connectivity index (χ1n) is 5.38. The quantitative estimate of drug-likeness (QED) is 0.541. The van der Waals surface area contributed by atoms with Gasteiger partial charge in [0.2, 0.25) is 0 Å². The van der Waals surface area contributed by atoms with Gasteiger partial charge in [-0.25, -0.2) is 0 Å². The number of hydrogen-bond donors (Lipinski definition) is 1. The molecule has 0 aliphatic heterocycles. The Balaban J connectivity index is 2.25. The van der Waals surface area contributed by atoms with Crippen LogP contribution in [0.3, 0.4) is 0 Å². The molecule has 1 N–H and O–H groups in total. The minimum absolute atomic E-state index is 0.305. The van der Waals surface area contributed by atoms with E-state index in [1.807, 2.05) is 0 Å². The monoisotopic (exact) mass is 196 g/mol. The van der Waals surface area contributed by atoms with Crippen LogP contribution in [-0.4, -0.2) is 18.3 Å². The van der Waals surface area contributed by atoms with Gasteiger partial charge in [0.15, 0.2) is 0 Å². The molecule has 2 heteroatoms. The number of rotatable bonds is 5. The fourth-order valence-electron chi connectivity index (χ4n) is 2.03. The second-order valence-corrected chi connectivity index (χ2v) is 3.88. The van der Waals surface area contributed by atoms with E-state index in [1.165, 1.54) is 19.3 Å².